The quantitative estimate of drug-likeness (QED) is 0.419. The molecular formula is C25H28AcClN2O2-. The number of fused-ring (bicyclic) bond motifs is 1. The van der Waals surface area contributed by atoms with E-state index in [-0.39, 0.29) is 68.6 Å². The van der Waals surface area contributed by atoms with Gasteiger partial charge in [0.05, 0.1) is 0 Å². The number of amides is 1. The van der Waals surface area contributed by atoms with Crippen LogP contribution >= 0.6 is 11.6 Å². The van der Waals surface area contributed by atoms with Gasteiger partial charge in [0.2, 0.25) is 5.91 Å². The van der Waals surface area contributed by atoms with Crippen LogP contribution in [-0.2, 0) is 17.6 Å². The number of halogens is 1. The van der Waals surface area contributed by atoms with Crippen LogP contribution in [0.1, 0.15) is 58.6 Å². The fourth-order valence-corrected chi connectivity index (χ4v) is 4.63. The Kier molecular flexibility index (Phi) is 9.59. The summed E-state index contributed by atoms with van der Waals surface area (Å²) in [5.74, 6) is 0.620. The molecule has 0 atom stereocenters. The Hall–Kier alpha value is -0.728. The zero-order valence-electron chi connectivity index (χ0n) is 17.9. The van der Waals surface area contributed by atoms with E-state index in [4.69, 9.17) is 11.6 Å². The Morgan fingerprint density at radius 2 is 1.61 bits per heavy atom. The van der Waals surface area contributed by atoms with E-state index < -0.39 is 0 Å². The van der Waals surface area contributed by atoms with Gasteiger partial charge < -0.3 is 10.2 Å². The Bertz CT molecular complexity index is 908. The maximum atomic E-state index is 12.7. The van der Waals surface area contributed by atoms with Crippen LogP contribution in [0.15, 0.2) is 42.5 Å². The first kappa shape index (κ1) is 24.9. The van der Waals surface area contributed by atoms with Crippen molar-refractivity contribution in [2.75, 3.05) is 26.2 Å². The Labute approximate surface area is 225 Å². The molecular weight excluding hydrogens is 623 g/mol. The van der Waals surface area contributed by atoms with Crippen LogP contribution in [-0.4, -0.2) is 42.8 Å². The summed E-state index contributed by atoms with van der Waals surface area (Å²) < 4.78 is 0. The largest absolute Gasteiger partial charge is 0.662 e. The number of carbonyl (C=O) groups excluding carboxylic acids is 2. The third kappa shape index (κ3) is 6.64. The van der Waals surface area contributed by atoms with Gasteiger partial charge >= 0.3 is 0 Å². The summed E-state index contributed by atoms with van der Waals surface area (Å²) >= 11 is 5.98. The molecule has 0 spiro atoms. The minimum absolute atomic E-state index is 0. The molecule has 161 valence electrons. The number of carbonyl (C=O) groups is 2. The molecule has 2 aliphatic heterocycles. The van der Waals surface area contributed by atoms with Crippen LogP contribution < -0.4 is 0 Å². The average Bonchev–Trinajstić information content (AvgIpc) is 3.03. The van der Waals surface area contributed by atoms with Crippen LogP contribution in [0.4, 0.5) is 0 Å². The number of ketones is 1. The molecule has 2 aromatic rings. The molecule has 0 unspecified atom stereocenters. The topological polar surface area (TPSA) is 51.5 Å². The molecule has 2 heterocycles. The molecule has 31 heavy (non-hydrogen) atoms. The van der Waals surface area contributed by atoms with Crippen molar-refractivity contribution in [2.45, 2.75) is 44.4 Å². The van der Waals surface area contributed by atoms with Gasteiger partial charge in [-0.05, 0) is 66.5 Å². The van der Waals surface area contributed by atoms with E-state index in [1.807, 2.05) is 29.2 Å². The summed E-state index contributed by atoms with van der Waals surface area (Å²) in [5.41, 5.74) is 4.55. The second-order valence-corrected chi connectivity index (χ2v) is 8.72. The molecule has 0 bridgehead atoms. The zero-order valence-corrected chi connectivity index (χ0v) is 23.4. The monoisotopic (exact) mass is 650 g/mol. The summed E-state index contributed by atoms with van der Waals surface area (Å²) in [7, 11) is 0. The second-order valence-electron chi connectivity index (χ2n) is 8.28. The molecule has 1 fully saturated rings. The fourth-order valence-electron chi connectivity index (χ4n) is 4.51. The van der Waals surface area contributed by atoms with Crippen molar-refractivity contribution in [3.63, 3.8) is 0 Å². The van der Waals surface area contributed by atoms with Crippen LogP contribution in [0.25, 0.3) is 5.32 Å². The summed E-state index contributed by atoms with van der Waals surface area (Å²) in [6, 6.07) is 14.0. The number of rotatable bonds is 5. The SMILES string of the molecule is O=C(CCC(=O)N1CCC(c2ccc(Cl)cc2)CC1)c1ccc2c(c1)CC[N-]CC2.[Ac]. The molecule has 0 saturated carbocycles. The molecule has 2 aliphatic rings. The Balaban J connectivity index is 0.00000272. The smallest absolute Gasteiger partial charge is 0.223 e. The van der Waals surface area contributed by atoms with Gasteiger partial charge in [-0.3, -0.25) is 9.59 Å². The zero-order chi connectivity index (χ0) is 20.9. The van der Waals surface area contributed by atoms with Crippen LogP contribution in [0.2, 0.25) is 5.02 Å². The molecule has 1 amide bonds. The van der Waals surface area contributed by atoms with Crippen molar-refractivity contribution in [1.29, 1.82) is 0 Å². The second kappa shape index (κ2) is 11.9. The van der Waals surface area contributed by atoms with Gasteiger partial charge in [-0.1, -0.05) is 35.9 Å². The summed E-state index contributed by atoms with van der Waals surface area (Å²) in [5, 5.41) is 5.21. The van der Waals surface area contributed by atoms with Crippen molar-refractivity contribution < 1.29 is 53.7 Å². The third-order valence-electron chi connectivity index (χ3n) is 6.36. The first-order valence-electron chi connectivity index (χ1n) is 10.9. The number of hydrogen-bond acceptors (Lipinski definition) is 2. The predicted octanol–water partition coefficient (Wildman–Crippen LogP) is 5.18. The summed E-state index contributed by atoms with van der Waals surface area (Å²) in [6.45, 7) is 3.20. The Morgan fingerprint density at radius 3 is 2.32 bits per heavy atom. The molecule has 4 nitrogen and oxygen atoms in total. The molecule has 1 radical (unpaired) electrons. The van der Waals surface area contributed by atoms with Crippen LogP contribution in [0, 0.1) is 44.1 Å². The van der Waals surface area contributed by atoms with Crippen molar-refractivity contribution in [3.8, 4) is 0 Å². The number of piperidine rings is 1. The van der Waals surface area contributed by atoms with E-state index in [1.165, 1.54) is 16.7 Å². The van der Waals surface area contributed by atoms with E-state index in [1.54, 1.807) is 0 Å². The van der Waals surface area contributed by atoms with Crippen LogP contribution in [0.3, 0.4) is 0 Å². The standard InChI is InChI=1S/C25H28ClN2O2.Ac/c26-23-5-3-18(4-6-23)20-11-15-28(16-12-20)25(30)8-7-24(29)22-2-1-19-9-13-27-14-10-21(19)17-22;/h1-6,17,20H,7-16H2;/q-1;. The van der Waals surface area contributed by atoms with Gasteiger partial charge in [-0.25, -0.2) is 0 Å². The average molecular weight is 651 g/mol. The van der Waals surface area contributed by atoms with Gasteiger partial charge in [0.25, 0.3) is 0 Å². The van der Waals surface area contributed by atoms with Gasteiger partial charge in [-0.2, -0.15) is 0 Å². The molecule has 2 aromatic carbocycles. The molecule has 6 heteroatoms. The fraction of sp³-hybridized carbons (Fsp3) is 0.440. The molecule has 4 rings (SSSR count). The third-order valence-corrected chi connectivity index (χ3v) is 6.61. The first-order chi connectivity index (χ1) is 14.6. The number of nitrogens with zero attached hydrogens (tertiary/aromatic N) is 2. The normalized spacial score (nSPS) is 16.7. The number of hydrogen-bond donors (Lipinski definition) is 0. The summed E-state index contributed by atoms with van der Waals surface area (Å²) in [6.07, 6.45) is 4.33. The molecule has 0 aliphatic carbocycles. The van der Waals surface area contributed by atoms with E-state index in [0.717, 1.165) is 62.4 Å². The Morgan fingerprint density at radius 1 is 0.935 bits per heavy atom. The maximum Gasteiger partial charge on any atom is 0.223 e. The minimum Gasteiger partial charge on any atom is -0.662 e. The molecule has 0 aromatic heterocycles. The predicted molar refractivity (Wildman–Crippen MR) is 121 cm³/mol. The number of likely N-dealkylation sites (tertiary alicyclic amines) is 1. The first-order valence-corrected chi connectivity index (χ1v) is 11.3. The van der Waals surface area contributed by atoms with Gasteiger partial charge in [0, 0.05) is 80.6 Å². The van der Waals surface area contributed by atoms with Gasteiger partial charge in [-0.15, -0.1) is 13.1 Å². The van der Waals surface area contributed by atoms with E-state index in [2.05, 4.69) is 23.5 Å². The maximum absolute atomic E-state index is 12.7. The summed E-state index contributed by atoms with van der Waals surface area (Å²) in [4.78, 5) is 27.2. The van der Waals surface area contributed by atoms with Crippen LogP contribution in [0.5, 0.6) is 0 Å². The number of Topliss-reactive ketones (excluding diaryl/α,β-unsaturated/α-hetero) is 1. The van der Waals surface area contributed by atoms with Crippen molar-refractivity contribution in [1.82, 2.24) is 4.90 Å². The van der Waals surface area contributed by atoms with Crippen molar-refractivity contribution >= 4 is 23.3 Å². The van der Waals surface area contributed by atoms with Gasteiger partial charge in [0.15, 0.2) is 5.78 Å². The van der Waals surface area contributed by atoms with E-state index in [0.29, 0.717) is 5.92 Å². The minimum atomic E-state index is 0. The number of benzene rings is 2. The molecule has 0 N–H and O–H groups in total. The molecule has 1 saturated heterocycles. The van der Waals surface area contributed by atoms with E-state index >= 15 is 0 Å². The van der Waals surface area contributed by atoms with E-state index in [9.17, 15) is 9.59 Å². The van der Waals surface area contributed by atoms with Gasteiger partial charge in [0.1, 0.15) is 0 Å². The van der Waals surface area contributed by atoms with Crippen molar-refractivity contribution in [3.05, 3.63) is 75.1 Å². The van der Waals surface area contributed by atoms with Crippen molar-refractivity contribution in [2.24, 2.45) is 0 Å².